The second-order valence-electron chi connectivity index (χ2n) is 7.80. The molecule has 1 aliphatic heterocycles. The highest BCUT2D eigenvalue weighted by Gasteiger charge is 2.29. The molecule has 4 aromatic rings. The molecule has 0 amide bonds. The Hall–Kier alpha value is -3.82. The summed E-state index contributed by atoms with van der Waals surface area (Å²) in [4.78, 5) is 6.40. The first-order valence-electron chi connectivity index (χ1n) is 10.9. The monoisotopic (exact) mass is 473 g/mol. The zero-order chi connectivity index (χ0) is 23.4. The highest BCUT2D eigenvalue weighted by Crippen LogP contribution is 2.25. The number of sulfonamides is 1. The van der Waals surface area contributed by atoms with Gasteiger partial charge in [0.05, 0.1) is 10.6 Å². The molecule has 0 unspecified atom stereocenters. The van der Waals surface area contributed by atoms with Gasteiger partial charge < -0.3 is 9.64 Å². The number of para-hydroxylation sites is 1. The molecule has 1 fully saturated rings. The Labute approximate surface area is 198 Å². The van der Waals surface area contributed by atoms with Crippen molar-refractivity contribution in [2.75, 3.05) is 31.1 Å². The molecule has 2 aromatic heterocycles. The van der Waals surface area contributed by atoms with E-state index in [9.17, 15) is 8.42 Å². The van der Waals surface area contributed by atoms with Crippen LogP contribution < -0.4 is 9.64 Å². The Morgan fingerprint density at radius 3 is 2.12 bits per heavy atom. The number of pyridine rings is 1. The number of benzene rings is 2. The van der Waals surface area contributed by atoms with Crippen molar-refractivity contribution >= 4 is 15.8 Å². The van der Waals surface area contributed by atoms with Gasteiger partial charge in [0.2, 0.25) is 10.0 Å². The molecule has 34 heavy (non-hydrogen) atoms. The highest BCUT2D eigenvalue weighted by molar-refractivity contribution is 7.89. The molecule has 0 N–H and O–H groups in total. The zero-order valence-electron chi connectivity index (χ0n) is 18.4. The van der Waals surface area contributed by atoms with Crippen molar-refractivity contribution in [1.29, 1.82) is 0 Å². The predicted molar refractivity (Wildman–Crippen MR) is 129 cm³/mol. The van der Waals surface area contributed by atoms with Gasteiger partial charge in [0.1, 0.15) is 11.5 Å². The fraction of sp³-hybridized carbons (Fsp3) is 0.160. The lowest BCUT2D eigenvalue weighted by atomic mass is 10.2. The standard InChI is InChI=1S/C25H23N5O3S/c31-34(32,23-10-8-22(9-11-23)33-21-6-2-1-3-7-21)30-17-15-29(16-18-30)25-13-12-24(27-28-25)20-5-4-14-26-19-20/h1-14,19H,15-18H2. The second-order valence-corrected chi connectivity index (χ2v) is 9.73. The topological polar surface area (TPSA) is 88.5 Å². The van der Waals surface area contributed by atoms with E-state index in [0.29, 0.717) is 37.7 Å². The number of ether oxygens (including phenoxy) is 1. The normalized spacial score (nSPS) is 14.6. The van der Waals surface area contributed by atoms with Crippen LogP contribution in [0.3, 0.4) is 0 Å². The van der Waals surface area contributed by atoms with Gasteiger partial charge in [-0.15, -0.1) is 10.2 Å². The van der Waals surface area contributed by atoms with Crippen LogP contribution in [0, 0.1) is 0 Å². The zero-order valence-corrected chi connectivity index (χ0v) is 19.2. The number of nitrogens with zero attached hydrogens (tertiary/aromatic N) is 5. The van der Waals surface area contributed by atoms with Crippen LogP contribution in [-0.4, -0.2) is 54.1 Å². The van der Waals surface area contributed by atoms with Gasteiger partial charge >= 0.3 is 0 Å². The van der Waals surface area contributed by atoms with E-state index in [2.05, 4.69) is 15.2 Å². The molecule has 0 bridgehead atoms. The summed E-state index contributed by atoms with van der Waals surface area (Å²) in [6, 6.07) is 23.5. The molecule has 8 nitrogen and oxygen atoms in total. The van der Waals surface area contributed by atoms with E-state index < -0.39 is 10.0 Å². The summed E-state index contributed by atoms with van der Waals surface area (Å²) in [7, 11) is -3.59. The number of hydrogen-bond donors (Lipinski definition) is 0. The van der Waals surface area contributed by atoms with Gasteiger partial charge in [0.25, 0.3) is 0 Å². The van der Waals surface area contributed by atoms with Crippen molar-refractivity contribution in [3.8, 4) is 22.8 Å². The molecule has 172 valence electrons. The molecular formula is C25H23N5O3S. The van der Waals surface area contributed by atoms with Gasteiger partial charge in [-0.05, 0) is 60.7 Å². The van der Waals surface area contributed by atoms with Crippen molar-refractivity contribution in [1.82, 2.24) is 19.5 Å². The molecule has 2 aromatic carbocycles. The van der Waals surface area contributed by atoms with Gasteiger partial charge in [0.15, 0.2) is 5.82 Å². The van der Waals surface area contributed by atoms with Crippen molar-refractivity contribution in [2.24, 2.45) is 0 Å². The van der Waals surface area contributed by atoms with Gasteiger partial charge in [-0.1, -0.05) is 18.2 Å². The van der Waals surface area contributed by atoms with Crippen LogP contribution in [-0.2, 0) is 10.0 Å². The Bertz CT molecular complexity index is 1330. The third-order valence-corrected chi connectivity index (χ3v) is 7.52. The summed E-state index contributed by atoms with van der Waals surface area (Å²) < 4.78 is 33.5. The summed E-state index contributed by atoms with van der Waals surface area (Å²) in [6.07, 6.45) is 3.46. The summed E-state index contributed by atoms with van der Waals surface area (Å²) in [5.41, 5.74) is 1.65. The molecule has 9 heteroatoms. The number of aromatic nitrogens is 3. The Balaban J connectivity index is 1.21. The van der Waals surface area contributed by atoms with Crippen LogP contribution in [0.4, 0.5) is 5.82 Å². The minimum Gasteiger partial charge on any atom is -0.457 e. The Morgan fingerprint density at radius 1 is 0.735 bits per heavy atom. The lowest BCUT2D eigenvalue weighted by Gasteiger charge is -2.34. The first-order chi connectivity index (χ1) is 16.6. The fourth-order valence-corrected chi connectivity index (χ4v) is 5.20. The summed E-state index contributed by atoms with van der Waals surface area (Å²) >= 11 is 0. The van der Waals surface area contributed by atoms with Gasteiger partial charge in [-0.25, -0.2) is 8.42 Å². The van der Waals surface area contributed by atoms with Crippen molar-refractivity contribution in [3.05, 3.63) is 91.3 Å². The van der Waals surface area contributed by atoms with E-state index in [1.54, 1.807) is 36.7 Å². The van der Waals surface area contributed by atoms with Crippen LogP contribution in [0.1, 0.15) is 0 Å². The van der Waals surface area contributed by atoms with Crippen molar-refractivity contribution in [3.63, 3.8) is 0 Å². The van der Waals surface area contributed by atoms with E-state index in [0.717, 1.165) is 17.1 Å². The van der Waals surface area contributed by atoms with Crippen LogP contribution in [0.2, 0.25) is 0 Å². The van der Waals surface area contributed by atoms with Crippen LogP contribution >= 0.6 is 0 Å². The Morgan fingerprint density at radius 2 is 1.47 bits per heavy atom. The second kappa shape index (κ2) is 9.58. The lowest BCUT2D eigenvalue weighted by molar-refractivity contribution is 0.383. The van der Waals surface area contributed by atoms with Crippen molar-refractivity contribution < 1.29 is 13.2 Å². The fourth-order valence-electron chi connectivity index (χ4n) is 3.77. The van der Waals surface area contributed by atoms with Crippen LogP contribution in [0.15, 0.2) is 96.2 Å². The molecule has 3 heterocycles. The third-order valence-electron chi connectivity index (χ3n) is 5.61. The first kappa shape index (κ1) is 22.0. The maximum Gasteiger partial charge on any atom is 0.243 e. The van der Waals surface area contributed by atoms with E-state index in [4.69, 9.17) is 4.74 Å². The molecule has 0 saturated carbocycles. The molecule has 0 radical (unpaired) electrons. The maximum absolute atomic E-state index is 13.1. The molecule has 0 spiro atoms. The smallest absolute Gasteiger partial charge is 0.243 e. The third kappa shape index (κ3) is 4.75. The molecule has 5 rings (SSSR count). The molecule has 0 aliphatic carbocycles. The van der Waals surface area contributed by atoms with Crippen LogP contribution in [0.5, 0.6) is 11.5 Å². The SMILES string of the molecule is O=S(=O)(c1ccc(Oc2ccccc2)cc1)N1CCN(c2ccc(-c3cccnc3)nn2)CC1. The number of hydrogen-bond acceptors (Lipinski definition) is 7. The van der Waals surface area contributed by atoms with Gasteiger partial charge in [-0.3, -0.25) is 4.98 Å². The van der Waals surface area contributed by atoms with E-state index in [1.807, 2.05) is 59.5 Å². The average molecular weight is 474 g/mol. The summed E-state index contributed by atoms with van der Waals surface area (Å²) in [5, 5.41) is 8.64. The minimum absolute atomic E-state index is 0.252. The minimum atomic E-state index is -3.59. The van der Waals surface area contributed by atoms with Crippen molar-refractivity contribution in [2.45, 2.75) is 4.90 Å². The van der Waals surface area contributed by atoms with Crippen LogP contribution in [0.25, 0.3) is 11.3 Å². The maximum atomic E-state index is 13.1. The molecule has 1 saturated heterocycles. The average Bonchev–Trinajstić information content (AvgIpc) is 2.90. The summed E-state index contributed by atoms with van der Waals surface area (Å²) in [5.74, 6) is 2.01. The Kier molecular flexibility index (Phi) is 6.20. The summed E-state index contributed by atoms with van der Waals surface area (Å²) in [6.45, 7) is 1.82. The van der Waals surface area contributed by atoms with E-state index in [1.165, 1.54) is 4.31 Å². The molecule has 1 aliphatic rings. The number of rotatable bonds is 6. The molecular weight excluding hydrogens is 450 g/mol. The van der Waals surface area contributed by atoms with Gasteiger partial charge in [-0.2, -0.15) is 4.31 Å². The number of anilines is 1. The van der Waals surface area contributed by atoms with E-state index in [-0.39, 0.29) is 4.90 Å². The number of piperazine rings is 1. The quantitative estimate of drug-likeness (QED) is 0.420. The van der Waals surface area contributed by atoms with Gasteiger partial charge in [0, 0.05) is 44.1 Å². The predicted octanol–water partition coefficient (Wildman–Crippen LogP) is 3.84. The lowest BCUT2D eigenvalue weighted by Crippen LogP contribution is -2.48. The largest absolute Gasteiger partial charge is 0.457 e. The molecule has 0 atom stereocenters. The van der Waals surface area contributed by atoms with E-state index >= 15 is 0 Å². The highest BCUT2D eigenvalue weighted by atomic mass is 32.2. The first-order valence-corrected chi connectivity index (χ1v) is 12.4.